The Kier molecular flexibility index (Phi) is 2.38. The van der Waals surface area contributed by atoms with Crippen molar-refractivity contribution in [3.8, 4) is 0 Å². The topological polar surface area (TPSA) is 28.9 Å². The van der Waals surface area contributed by atoms with Crippen LogP contribution < -0.4 is 0 Å². The van der Waals surface area contributed by atoms with E-state index in [0.29, 0.717) is 5.58 Å². The number of halogens is 4. The average molecular weight is 298 g/mol. The number of benzene rings is 1. The highest BCUT2D eigenvalue weighted by molar-refractivity contribution is 9.10. The lowest BCUT2D eigenvalue weighted by Gasteiger charge is -2.08. The van der Waals surface area contributed by atoms with Crippen LogP contribution in [0.4, 0.5) is 13.2 Å². The van der Waals surface area contributed by atoms with Gasteiger partial charge >= 0.3 is 6.18 Å². The van der Waals surface area contributed by atoms with Crippen LogP contribution in [0.2, 0.25) is 0 Å². The standard InChI is InChI=1S/C8H3BrF3NOS/c9-5-3(8(10,11)12)1-2-4-6(5)13-7(15)14-4/h1-2H,(H,13,15). The minimum atomic E-state index is -4.40. The Morgan fingerprint density at radius 2 is 2.00 bits per heavy atom. The van der Waals surface area contributed by atoms with Crippen molar-refractivity contribution in [2.75, 3.05) is 0 Å². The lowest BCUT2D eigenvalue weighted by atomic mass is 10.2. The van der Waals surface area contributed by atoms with Crippen LogP contribution in [0.25, 0.3) is 11.1 Å². The number of hydrogen-bond acceptors (Lipinski definition) is 2. The van der Waals surface area contributed by atoms with Crippen LogP contribution in [0, 0.1) is 4.84 Å². The maximum Gasteiger partial charge on any atom is 0.417 e. The SMILES string of the molecule is FC(F)(F)c1ccc2oc(=S)[nH]c2c1Br. The van der Waals surface area contributed by atoms with Gasteiger partial charge in [0.05, 0.1) is 15.6 Å². The Bertz CT molecular complexity index is 571. The molecule has 0 saturated heterocycles. The van der Waals surface area contributed by atoms with E-state index in [0.717, 1.165) is 6.07 Å². The third kappa shape index (κ3) is 1.81. The maximum absolute atomic E-state index is 12.5. The number of rotatable bonds is 0. The Balaban J connectivity index is 2.81. The van der Waals surface area contributed by atoms with Crippen LogP contribution in [0.5, 0.6) is 0 Å². The summed E-state index contributed by atoms with van der Waals surface area (Å²) in [7, 11) is 0. The second kappa shape index (κ2) is 3.34. The number of oxazole rings is 1. The fraction of sp³-hybridized carbons (Fsp3) is 0.125. The highest BCUT2D eigenvalue weighted by Gasteiger charge is 2.34. The van der Waals surface area contributed by atoms with Crippen molar-refractivity contribution in [3.63, 3.8) is 0 Å². The van der Waals surface area contributed by atoms with Gasteiger partial charge in [-0.15, -0.1) is 0 Å². The van der Waals surface area contributed by atoms with Gasteiger partial charge in [-0.1, -0.05) is 0 Å². The molecule has 0 aliphatic carbocycles. The quantitative estimate of drug-likeness (QED) is 0.736. The van der Waals surface area contributed by atoms with Gasteiger partial charge in [-0.3, -0.25) is 0 Å². The van der Waals surface area contributed by atoms with E-state index in [2.05, 4.69) is 33.1 Å². The molecule has 0 bridgehead atoms. The monoisotopic (exact) mass is 297 g/mol. The lowest BCUT2D eigenvalue weighted by Crippen LogP contribution is -2.05. The molecule has 0 fully saturated rings. The van der Waals surface area contributed by atoms with E-state index in [1.165, 1.54) is 6.07 Å². The third-order valence-corrected chi connectivity index (χ3v) is 2.85. The number of H-pyrrole nitrogens is 1. The average Bonchev–Trinajstić information content (AvgIpc) is 2.44. The molecule has 0 aliphatic rings. The number of fused-ring (bicyclic) bond motifs is 1. The zero-order chi connectivity index (χ0) is 11.2. The van der Waals surface area contributed by atoms with E-state index in [-0.39, 0.29) is 14.8 Å². The molecule has 1 N–H and O–H groups in total. The molecule has 0 amide bonds. The summed E-state index contributed by atoms with van der Waals surface area (Å²) in [5.41, 5.74) is -0.253. The van der Waals surface area contributed by atoms with Crippen LogP contribution in [-0.2, 0) is 6.18 Å². The van der Waals surface area contributed by atoms with Gasteiger partial charge in [0.1, 0.15) is 0 Å². The molecule has 2 nitrogen and oxygen atoms in total. The Labute approximate surface area is 95.2 Å². The summed E-state index contributed by atoms with van der Waals surface area (Å²) >= 11 is 7.56. The van der Waals surface area contributed by atoms with Crippen LogP contribution in [0.1, 0.15) is 5.56 Å². The summed E-state index contributed by atoms with van der Waals surface area (Å²) in [6.45, 7) is 0. The number of aromatic nitrogens is 1. The van der Waals surface area contributed by atoms with Gasteiger partial charge in [-0.25, -0.2) is 0 Å². The van der Waals surface area contributed by atoms with E-state index in [9.17, 15) is 13.2 Å². The van der Waals surface area contributed by atoms with E-state index < -0.39 is 11.7 Å². The highest BCUT2D eigenvalue weighted by atomic mass is 79.9. The van der Waals surface area contributed by atoms with Crippen LogP contribution >= 0.6 is 28.1 Å². The summed E-state index contributed by atoms with van der Waals surface area (Å²) in [6.07, 6.45) is -4.40. The summed E-state index contributed by atoms with van der Waals surface area (Å²) in [5, 5.41) is 0. The molecule has 0 aliphatic heterocycles. The van der Waals surface area contributed by atoms with Crippen molar-refractivity contribution in [2.24, 2.45) is 0 Å². The zero-order valence-electron chi connectivity index (χ0n) is 6.98. The molecule has 0 saturated carbocycles. The largest absolute Gasteiger partial charge is 0.429 e. The molecule has 0 radical (unpaired) electrons. The van der Waals surface area contributed by atoms with Gasteiger partial charge in [-0.05, 0) is 40.3 Å². The summed E-state index contributed by atoms with van der Waals surface area (Å²) in [4.78, 5) is 2.59. The maximum atomic E-state index is 12.5. The van der Waals surface area contributed by atoms with Crippen molar-refractivity contribution in [2.45, 2.75) is 6.18 Å². The second-order valence-electron chi connectivity index (χ2n) is 2.81. The van der Waals surface area contributed by atoms with Crippen LogP contribution in [0.15, 0.2) is 21.0 Å². The van der Waals surface area contributed by atoms with E-state index in [1.807, 2.05) is 0 Å². The molecule has 2 rings (SSSR count). The van der Waals surface area contributed by atoms with Gasteiger partial charge in [0.15, 0.2) is 5.58 Å². The van der Waals surface area contributed by atoms with Crippen LogP contribution in [0.3, 0.4) is 0 Å². The normalized spacial score (nSPS) is 12.3. The predicted molar refractivity (Wildman–Crippen MR) is 54.1 cm³/mol. The molecule has 0 atom stereocenters. The Morgan fingerprint density at radius 1 is 1.33 bits per heavy atom. The Hall–Kier alpha value is -0.820. The molecular weight excluding hydrogens is 295 g/mol. The molecule has 1 aromatic heterocycles. The van der Waals surface area contributed by atoms with E-state index in [1.54, 1.807) is 0 Å². The van der Waals surface area contributed by atoms with E-state index >= 15 is 0 Å². The van der Waals surface area contributed by atoms with Gasteiger partial charge in [0.2, 0.25) is 0 Å². The lowest BCUT2D eigenvalue weighted by molar-refractivity contribution is -0.138. The van der Waals surface area contributed by atoms with E-state index in [4.69, 9.17) is 4.42 Å². The van der Waals surface area contributed by atoms with Crippen molar-refractivity contribution in [1.29, 1.82) is 0 Å². The molecule has 80 valence electrons. The number of aromatic amines is 1. The minimum absolute atomic E-state index is 0.0463. The molecule has 2 aromatic rings. The number of nitrogens with one attached hydrogen (secondary N) is 1. The fourth-order valence-corrected chi connectivity index (χ4v) is 2.05. The first kappa shape index (κ1) is 10.7. The van der Waals surface area contributed by atoms with Gasteiger partial charge in [-0.2, -0.15) is 13.2 Å². The molecule has 1 heterocycles. The van der Waals surface area contributed by atoms with Crippen molar-refractivity contribution >= 4 is 39.2 Å². The van der Waals surface area contributed by atoms with Gasteiger partial charge in [0.25, 0.3) is 4.84 Å². The molecule has 7 heteroatoms. The van der Waals surface area contributed by atoms with Crippen molar-refractivity contribution in [3.05, 3.63) is 27.0 Å². The summed E-state index contributed by atoms with van der Waals surface area (Å²) in [6, 6.07) is 2.17. The Morgan fingerprint density at radius 3 is 2.60 bits per heavy atom. The molecule has 1 aromatic carbocycles. The smallest absolute Gasteiger partial charge is 0.417 e. The number of hydrogen-bond donors (Lipinski definition) is 1. The highest BCUT2D eigenvalue weighted by Crippen LogP contribution is 2.38. The predicted octanol–water partition coefficient (Wildman–Crippen LogP) is 4.27. The van der Waals surface area contributed by atoms with Crippen molar-refractivity contribution in [1.82, 2.24) is 4.98 Å². The number of alkyl halides is 3. The van der Waals surface area contributed by atoms with Gasteiger partial charge in [0, 0.05) is 0 Å². The molecular formula is C8H3BrF3NOS. The molecule has 0 unspecified atom stereocenters. The summed E-state index contributed by atoms with van der Waals surface area (Å²) in [5.74, 6) is 0. The first-order valence-corrected chi connectivity index (χ1v) is 4.98. The fourth-order valence-electron chi connectivity index (χ4n) is 1.21. The van der Waals surface area contributed by atoms with Gasteiger partial charge < -0.3 is 9.40 Å². The zero-order valence-corrected chi connectivity index (χ0v) is 9.39. The first-order valence-electron chi connectivity index (χ1n) is 3.78. The first-order chi connectivity index (χ1) is 6.89. The molecule has 15 heavy (non-hydrogen) atoms. The van der Waals surface area contributed by atoms with Crippen molar-refractivity contribution < 1.29 is 17.6 Å². The minimum Gasteiger partial charge on any atom is -0.429 e. The second-order valence-corrected chi connectivity index (χ2v) is 3.98. The molecule has 0 spiro atoms. The summed E-state index contributed by atoms with van der Waals surface area (Å²) < 4.78 is 42.3. The van der Waals surface area contributed by atoms with Crippen LogP contribution in [-0.4, -0.2) is 4.98 Å². The third-order valence-electron chi connectivity index (χ3n) is 1.84.